The third-order valence-corrected chi connectivity index (χ3v) is 4.10. The van der Waals surface area contributed by atoms with Gasteiger partial charge in [0.15, 0.2) is 0 Å². The van der Waals surface area contributed by atoms with E-state index in [4.69, 9.17) is 11.6 Å². The van der Waals surface area contributed by atoms with E-state index in [9.17, 15) is 4.39 Å². The van der Waals surface area contributed by atoms with Crippen LogP contribution in [0.4, 0.5) is 4.39 Å². The molecule has 0 saturated heterocycles. The second kappa shape index (κ2) is 6.70. The van der Waals surface area contributed by atoms with Gasteiger partial charge in [0.05, 0.1) is 23.0 Å². The second-order valence-electron chi connectivity index (χ2n) is 4.35. The maximum atomic E-state index is 13.6. The van der Waals surface area contributed by atoms with Gasteiger partial charge in [0.2, 0.25) is 0 Å². The summed E-state index contributed by atoms with van der Waals surface area (Å²) in [6, 6.07) is 4.44. The van der Waals surface area contributed by atoms with E-state index in [1.54, 1.807) is 12.3 Å². The van der Waals surface area contributed by atoms with Crippen LogP contribution >= 0.6 is 27.5 Å². The van der Waals surface area contributed by atoms with Crippen molar-refractivity contribution >= 4 is 27.5 Å². The van der Waals surface area contributed by atoms with E-state index in [2.05, 4.69) is 26.3 Å². The van der Waals surface area contributed by atoms with Crippen molar-refractivity contribution in [2.24, 2.45) is 0 Å². The molecule has 6 heteroatoms. The van der Waals surface area contributed by atoms with Crippen LogP contribution in [0.15, 0.2) is 28.9 Å². The lowest BCUT2D eigenvalue weighted by atomic mass is 10.0. The van der Waals surface area contributed by atoms with Crippen molar-refractivity contribution in [3.05, 3.63) is 51.0 Å². The molecule has 1 unspecified atom stereocenters. The van der Waals surface area contributed by atoms with Gasteiger partial charge >= 0.3 is 0 Å². The smallest absolute Gasteiger partial charge is 0.123 e. The maximum Gasteiger partial charge on any atom is 0.123 e. The van der Waals surface area contributed by atoms with Gasteiger partial charge in [-0.25, -0.2) is 4.39 Å². The number of aromatic nitrogens is 2. The Hall–Kier alpha value is -0.910. The Bertz CT molecular complexity index is 600. The number of halogens is 3. The van der Waals surface area contributed by atoms with Gasteiger partial charge in [0.1, 0.15) is 5.82 Å². The molecule has 0 saturated carbocycles. The molecule has 0 aliphatic heterocycles. The lowest BCUT2D eigenvalue weighted by Crippen LogP contribution is -2.25. The van der Waals surface area contributed by atoms with Crippen molar-refractivity contribution in [1.82, 2.24) is 15.1 Å². The zero-order chi connectivity index (χ0) is 14.7. The molecule has 0 radical (unpaired) electrons. The molecule has 2 rings (SSSR count). The molecule has 0 aliphatic carbocycles. The average molecular weight is 361 g/mol. The number of rotatable bonds is 5. The minimum atomic E-state index is -0.273. The molecular formula is C14H16BrClFN3. The maximum absolute atomic E-state index is 13.6. The summed E-state index contributed by atoms with van der Waals surface area (Å²) in [5.74, 6) is -0.273. The average Bonchev–Trinajstić information content (AvgIpc) is 2.80. The summed E-state index contributed by atoms with van der Waals surface area (Å²) in [7, 11) is 0. The monoisotopic (exact) mass is 359 g/mol. The Labute approximate surface area is 131 Å². The lowest BCUT2D eigenvalue weighted by Gasteiger charge is -2.21. The van der Waals surface area contributed by atoms with Gasteiger partial charge in [0.25, 0.3) is 0 Å². The summed E-state index contributed by atoms with van der Waals surface area (Å²) in [5, 5.41) is 8.17. The van der Waals surface area contributed by atoms with Gasteiger partial charge in [-0.2, -0.15) is 5.10 Å². The van der Waals surface area contributed by atoms with Crippen molar-refractivity contribution in [2.45, 2.75) is 26.4 Å². The summed E-state index contributed by atoms with van der Waals surface area (Å²) in [4.78, 5) is 0. The Morgan fingerprint density at radius 1 is 1.45 bits per heavy atom. The van der Waals surface area contributed by atoms with E-state index in [0.29, 0.717) is 11.6 Å². The molecule has 3 nitrogen and oxygen atoms in total. The molecule has 2 aromatic rings. The Balaban J connectivity index is 2.56. The summed E-state index contributed by atoms with van der Waals surface area (Å²) in [6.45, 7) is 5.44. The molecule has 0 spiro atoms. The van der Waals surface area contributed by atoms with Gasteiger partial charge in [0, 0.05) is 11.0 Å². The molecule has 1 heterocycles. The van der Waals surface area contributed by atoms with Crippen molar-refractivity contribution in [3.63, 3.8) is 0 Å². The molecule has 0 bridgehead atoms. The second-order valence-corrected chi connectivity index (χ2v) is 5.61. The first kappa shape index (κ1) is 15.5. The molecule has 1 aromatic heterocycles. The summed E-state index contributed by atoms with van der Waals surface area (Å²) in [5.41, 5.74) is 1.66. The van der Waals surface area contributed by atoms with Crippen LogP contribution in [0.25, 0.3) is 0 Å². The molecule has 1 N–H and O–H groups in total. The highest BCUT2D eigenvalue weighted by Gasteiger charge is 2.23. The minimum absolute atomic E-state index is 0.208. The quantitative estimate of drug-likeness (QED) is 0.868. The number of nitrogens with one attached hydrogen (secondary N) is 1. The van der Waals surface area contributed by atoms with Crippen LogP contribution in [0, 0.1) is 5.82 Å². The molecular weight excluding hydrogens is 345 g/mol. The normalized spacial score (nSPS) is 12.7. The van der Waals surface area contributed by atoms with E-state index in [1.165, 1.54) is 12.1 Å². The Kier molecular flexibility index (Phi) is 5.18. The summed E-state index contributed by atoms with van der Waals surface area (Å²) < 4.78 is 16.2. The van der Waals surface area contributed by atoms with E-state index in [-0.39, 0.29) is 11.9 Å². The standard InChI is InChI=1S/C14H16BrClFN3/c1-3-18-13(10-7-9(17)5-6-11(10)15)14-12(16)8-19-20(14)4-2/h5-8,13,18H,3-4H2,1-2H3. The Morgan fingerprint density at radius 3 is 2.85 bits per heavy atom. The summed E-state index contributed by atoms with van der Waals surface area (Å²) >= 11 is 9.74. The van der Waals surface area contributed by atoms with E-state index in [1.807, 2.05) is 18.5 Å². The van der Waals surface area contributed by atoms with Crippen molar-refractivity contribution < 1.29 is 4.39 Å². The third kappa shape index (κ3) is 3.05. The van der Waals surface area contributed by atoms with Gasteiger partial charge in [-0.15, -0.1) is 0 Å². The summed E-state index contributed by atoms with van der Waals surface area (Å²) in [6.07, 6.45) is 1.62. The predicted octanol–water partition coefficient (Wildman–Crippen LogP) is 4.16. The van der Waals surface area contributed by atoms with Crippen LogP contribution in [-0.2, 0) is 6.54 Å². The number of hydrogen-bond donors (Lipinski definition) is 1. The fourth-order valence-electron chi connectivity index (χ4n) is 2.20. The fraction of sp³-hybridized carbons (Fsp3) is 0.357. The number of aryl methyl sites for hydroxylation is 1. The Morgan fingerprint density at radius 2 is 2.20 bits per heavy atom. The van der Waals surface area contributed by atoms with Gasteiger partial charge in [-0.05, 0) is 37.2 Å². The number of hydrogen-bond acceptors (Lipinski definition) is 2. The zero-order valence-corrected chi connectivity index (χ0v) is 13.7. The van der Waals surface area contributed by atoms with Crippen LogP contribution < -0.4 is 5.32 Å². The molecule has 0 aliphatic rings. The highest BCUT2D eigenvalue weighted by Crippen LogP contribution is 2.33. The predicted molar refractivity (Wildman–Crippen MR) is 82.5 cm³/mol. The van der Waals surface area contributed by atoms with Crippen LogP contribution in [0.2, 0.25) is 5.02 Å². The van der Waals surface area contributed by atoms with Crippen LogP contribution in [0.3, 0.4) is 0 Å². The molecule has 20 heavy (non-hydrogen) atoms. The first-order valence-corrected chi connectivity index (χ1v) is 7.65. The molecule has 108 valence electrons. The van der Waals surface area contributed by atoms with Gasteiger partial charge in [-0.1, -0.05) is 34.5 Å². The number of nitrogens with zero attached hydrogens (tertiary/aromatic N) is 2. The first-order valence-electron chi connectivity index (χ1n) is 6.48. The largest absolute Gasteiger partial charge is 0.305 e. The number of benzene rings is 1. The lowest BCUT2D eigenvalue weighted by molar-refractivity contribution is 0.537. The fourth-order valence-corrected chi connectivity index (χ4v) is 2.93. The van der Waals surface area contributed by atoms with Crippen molar-refractivity contribution in [3.8, 4) is 0 Å². The van der Waals surface area contributed by atoms with Gasteiger partial charge < -0.3 is 5.32 Å². The molecule has 0 fully saturated rings. The molecule has 1 atom stereocenters. The minimum Gasteiger partial charge on any atom is -0.305 e. The molecule has 1 aromatic carbocycles. The zero-order valence-electron chi connectivity index (χ0n) is 11.3. The third-order valence-electron chi connectivity index (χ3n) is 3.08. The van der Waals surface area contributed by atoms with E-state index < -0.39 is 0 Å². The SMILES string of the molecule is CCNC(c1cc(F)ccc1Br)c1c(Cl)cnn1CC. The van der Waals surface area contributed by atoms with Crippen LogP contribution in [-0.4, -0.2) is 16.3 Å². The first-order chi connectivity index (χ1) is 9.58. The highest BCUT2D eigenvalue weighted by molar-refractivity contribution is 9.10. The van der Waals surface area contributed by atoms with E-state index in [0.717, 1.165) is 22.3 Å². The van der Waals surface area contributed by atoms with E-state index >= 15 is 0 Å². The van der Waals surface area contributed by atoms with Gasteiger partial charge in [-0.3, -0.25) is 4.68 Å². The van der Waals surface area contributed by atoms with Crippen LogP contribution in [0.5, 0.6) is 0 Å². The van der Waals surface area contributed by atoms with Crippen molar-refractivity contribution in [2.75, 3.05) is 6.54 Å². The van der Waals surface area contributed by atoms with Crippen LogP contribution in [0.1, 0.15) is 31.1 Å². The topological polar surface area (TPSA) is 29.9 Å². The highest BCUT2D eigenvalue weighted by atomic mass is 79.9. The van der Waals surface area contributed by atoms with Crippen molar-refractivity contribution in [1.29, 1.82) is 0 Å². The molecule has 0 amide bonds.